The number of carbonyl (C=O) groups is 4. The third-order valence-corrected chi connectivity index (χ3v) is 9.40. The zero-order valence-corrected chi connectivity index (χ0v) is 34.2. The number of hydrogen-bond acceptors (Lipinski definition) is 8. The van der Waals surface area contributed by atoms with Gasteiger partial charge in [-0.15, -0.1) is 0 Å². The Morgan fingerprint density at radius 1 is 0.392 bits per heavy atom. The van der Waals surface area contributed by atoms with E-state index >= 15 is 0 Å². The van der Waals surface area contributed by atoms with Gasteiger partial charge in [0.05, 0.1) is 19.8 Å². The van der Waals surface area contributed by atoms with Crippen molar-refractivity contribution in [1.82, 2.24) is 0 Å². The molecule has 0 rings (SSSR count). The van der Waals surface area contributed by atoms with Gasteiger partial charge < -0.3 is 18.9 Å². The van der Waals surface area contributed by atoms with E-state index in [1.807, 2.05) is 20.8 Å². The van der Waals surface area contributed by atoms with E-state index < -0.39 is 23.0 Å². The van der Waals surface area contributed by atoms with E-state index in [1.165, 1.54) is 0 Å². The fourth-order valence-electron chi connectivity index (χ4n) is 6.11. The molecule has 0 saturated carbocycles. The van der Waals surface area contributed by atoms with Crippen molar-refractivity contribution >= 4 is 23.9 Å². The Bertz CT molecular complexity index is 834. The smallest absolute Gasteiger partial charge is 0.324 e. The van der Waals surface area contributed by atoms with E-state index in [-0.39, 0.29) is 11.9 Å². The van der Waals surface area contributed by atoms with Gasteiger partial charge in [-0.2, -0.15) is 0 Å². The van der Waals surface area contributed by atoms with Crippen molar-refractivity contribution < 1.29 is 38.1 Å². The second-order valence-corrected chi connectivity index (χ2v) is 15.6. The van der Waals surface area contributed by atoms with Crippen LogP contribution in [0.15, 0.2) is 0 Å². The molecule has 0 unspecified atom stereocenters. The highest BCUT2D eigenvalue weighted by Crippen LogP contribution is 2.37. The first-order valence-corrected chi connectivity index (χ1v) is 21.2. The minimum Gasteiger partial charge on any atom is -0.466 e. The van der Waals surface area contributed by atoms with E-state index in [0.717, 1.165) is 154 Å². The molecule has 0 radical (unpaired) electrons. The lowest BCUT2D eigenvalue weighted by Crippen LogP contribution is -2.45. The number of esters is 4. The largest absolute Gasteiger partial charge is 0.466 e. The molecule has 0 aromatic heterocycles. The molecule has 0 saturated heterocycles. The van der Waals surface area contributed by atoms with Crippen LogP contribution in [0.4, 0.5) is 0 Å². The zero-order valence-electron chi connectivity index (χ0n) is 34.2. The molecule has 0 fully saturated rings. The Morgan fingerprint density at radius 3 is 1.04 bits per heavy atom. The van der Waals surface area contributed by atoms with Crippen LogP contribution in [0.2, 0.25) is 0 Å². The number of unbranched alkanes of at least 4 members (excludes halogenated alkanes) is 19. The molecular formula is C43H80O8. The lowest BCUT2D eigenvalue weighted by Gasteiger charge is -2.33. The Balaban J connectivity index is 4.72. The Morgan fingerprint density at radius 2 is 0.706 bits per heavy atom. The van der Waals surface area contributed by atoms with Gasteiger partial charge in [-0.3, -0.25) is 19.2 Å². The molecule has 0 heterocycles. The van der Waals surface area contributed by atoms with Crippen LogP contribution < -0.4 is 0 Å². The van der Waals surface area contributed by atoms with E-state index in [0.29, 0.717) is 45.5 Å². The van der Waals surface area contributed by atoms with Crippen molar-refractivity contribution in [2.75, 3.05) is 19.8 Å². The van der Waals surface area contributed by atoms with Crippen LogP contribution in [-0.4, -0.2) is 49.3 Å². The summed E-state index contributed by atoms with van der Waals surface area (Å²) in [6, 6.07) is 0. The fraction of sp³-hybridized carbons (Fsp3) is 0.907. The van der Waals surface area contributed by atoms with E-state index in [1.54, 1.807) is 0 Å². The third kappa shape index (κ3) is 28.1. The summed E-state index contributed by atoms with van der Waals surface area (Å²) in [5.41, 5.74) is -1.94. The number of carbonyl (C=O) groups excluding carboxylic acids is 4. The molecule has 300 valence electrons. The van der Waals surface area contributed by atoms with Crippen LogP contribution in [0.1, 0.15) is 221 Å². The van der Waals surface area contributed by atoms with E-state index in [4.69, 9.17) is 18.9 Å². The van der Waals surface area contributed by atoms with Gasteiger partial charge >= 0.3 is 23.9 Å². The maximum absolute atomic E-state index is 13.8. The van der Waals surface area contributed by atoms with Gasteiger partial charge in [0.15, 0.2) is 5.41 Å². The standard InChI is InChI=1S/C43H80O8/c1-7-10-35-48-38(44)31-27-23-19-15-13-17-21-25-29-33-43(40(46)50-37-12-9-3,41(47)51-42(4,5)6)34-30-26-22-18-14-16-20-24-28-32-39(45)49-36-11-8-2/h7-37H2,1-6H3. The van der Waals surface area contributed by atoms with Crippen LogP contribution in [0, 0.1) is 5.41 Å². The quantitative estimate of drug-likeness (QED) is 0.0275. The van der Waals surface area contributed by atoms with Crippen molar-refractivity contribution in [3.05, 3.63) is 0 Å². The van der Waals surface area contributed by atoms with E-state index in [2.05, 4.69) is 20.8 Å². The molecule has 0 N–H and O–H groups in total. The minimum absolute atomic E-state index is 0.0715. The summed E-state index contributed by atoms with van der Waals surface area (Å²) >= 11 is 0. The average Bonchev–Trinajstić information content (AvgIpc) is 3.08. The molecule has 51 heavy (non-hydrogen) atoms. The normalized spacial score (nSPS) is 11.7. The Kier molecular flexibility index (Phi) is 31.2. The highest BCUT2D eigenvalue weighted by Gasteiger charge is 2.49. The van der Waals surface area contributed by atoms with Crippen LogP contribution in [0.3, 0.4) is 0 Å². The lowest BCUT2D eigenvalue weighted by atomic mass is 9.77. The molecule has 8 nitrogen and oxygen atoms in total. The first-order chi connectivity index (χ1) is 24.5. The second-order valence-electron chi connectivity index (χ2n) is 15.6. The molecular weight excluding hydrogens is 644 g/mol. The second kappa shape index (κ2) is 32.5. The van der Waals surface area contributed by atoms with Gasteiger partial charge in [0, 0.05) is 12.8 Å². The molecule has 0 atom stereocenters. The number of hydrogen-bond donors (Lipinski definition) is 0. The zero-order chi connectivity index (χ0) is 38.1. The van der Waals surface area contributed by atoms with Gasteiger partial charge in [0.25, 0.3) is 0 Å². The fourth-order valence-corrected chi connectivity index (χ4v) is 6.11. The summed E-state index contributed by atoms with van der Waals surface area (Å²) < 4.78 is 22.1. The number of ether oxygens (including phenoxy) is 4. The van der Waals surface area contributed by atoms with E-state index in [9.17, 15) is 19.2 Å². The molecule has 0 aliphatic rings. The summed E-state index contributed by atoms with van der Waals surface area (Å²) in [5.74, 6) is -0.982. The predicted molar refractivity (Wildman–Crippen MR) is 207 cm³/mol. The molecule has 0 aromatic rings. The van der Waals surface area contributed by atoms with Gasteiger partial charge in [0.2, 0.25) is 0 Å². The summed E-state index contributed by atoms with van der Waals surface area (Å²) in [6.07, 6.45) is 26.3. The Labute approximate surface area is 313 Å². The van der Waals surface area contributed by atoms with Crippen molar-refractivity contribution in [2.24, 2.45) is 5.41 Å². The van der Waals surface area contributed by atoms with Gasteiger partial charge in [-0.25, -0.2) is 0 Å². The van der Waals surface area contributed by atoms with Crippen molar-refractivity contribution in [3.63, 3.8) is 0 Å². The molecule has 0 bridgehead atoms. The van der Waals surface area contributed by atoms with Crippen LogP contribution in [0.25, 0.3) is 0 Å². The van der Waals surface area contributed by atoms with Crippen molar-refractivity contribution in [1.29, 1.82) is 0 Å². The van der Waals surface area contributed by atoms with Gasteiger partial charge in [-0.1, -0.05) is 143 Å². The highest BCUT2D eigenvalue weighted by molar-refractivity contribution is 6.00. The maximum Gasteiger partial charge on any atom is 0.324 e. The Hall–Kier alpha value is -2.12. The SMILES string of the molecule is CCCCOC(=O)CCCCCCCCCCCC(CCCCCCCCCCCC(=O)OCCCC)(C(=O)OCCCC)C(=O)OC(C)(C)C. The maximum atomic E-state index is 13.8. The average molecular weight is 725 g/mol. The summed E-state index contributed by atoms with van der Waals surface area (Å²) in [4.78, 5) is 50.9. The molecule has 0 aliphatic carbocycles. The van der Waals surface area contributed by atoms with Gasteiger partial charge in [0.1, 0.15) is 5.60 Å². The molecule has 0 aliphatic heterocycles. The molecule has 0 spiro atoms. The van der Waals surface area contributed by atoms with Gasteiger partial charge in [-0.05, 0) is 65.7 Å². The lowest BCUT2D eigenvalue weighted by molar-refractivity contribution is -0.181. The third-order valence-electron chi connectivity index (χ3n) is 9.40. The van der Waals surface area contributed by atoms with Crippen LogP contribution in [0.5, 0.6) is 0 Å². The van der Waals surface area contributed by atoms with Crippen LogP contribution in [-0.2, 0) is 38.1 Å². The topological polar surface area (TPSA) is 105 Å². The molecule has 8 heteroatoms. The highest BCUT2D eigenvalue weighted by atomic mass is 16.6. The number of rotatable bonds is 35. The summed E-state index contributed by atoms with van der Waals surface area (Å²) in [7, 11) is 0. The molecule has 0 amide bonds. The monoisotopic (exact) mass is 725 g/mol. The first kappa shape index (κ1) is 48.9. The van der Waals surface area contributed by atoms with Crippen LogP contribution >= 0.6 is 0 Å². The minimum atomic E-state index is -1.25. The summed E-state index contributed by atoms with van der Waals surface area (Å²) in [5, 5.41) is 0. The first-order valence-electron chi connectivity index (χ1n) is 21.2. The molecule has 0 aromatic carbocycles. The summed E-state index contributed by atoms with van der Waals surface area (Å²) in [6.45, 7) is 13.2. The van der Waals surface area contributed by atoms with Crippen molar-refractivity contribution in [3.8, 4) is 0 Å². The predicted octanol–water partition coefficient (Wildman–Crippen LogP) is 11.9. The van der Waals surface area contributed by atoms with Crippen molar-refractivity contribution in [2.45, 2.75) is 227 Å².